The van der Waals surface area contributed by atoms with Crippen LogP contribution in [0.15, 0.2) is 21.2 Å². The van der Waals surface area contributed by atoms with Crippen LogP contribution in [0, 0.1) is 0 Å². The van der Waals surface area contributed by atoms with Gasteiger partial charge in [0.25, 0.3) is 0 Å². The maximum Gasteiger partial charge on any atom is 0.216 e. The fourth-order valence-electron chi connectivity index (χ4n) is 0.780. The standard InChI is InChI=1S/C7H9BrO3.C2H6.CH4S/c1-9-7(10-2)6-3-5(8)4-11-6;2*1-2/h3-4,7H,1-2H3;1-2H3;2H,1H3. The summed E-state index contributed by atoms with van der Waals surface area (Å²) in [6.45, 7) is 4.00. The third-order valence-electron chi connectivity index (χ3n) is 1.25. The van der Waals surface area contributed by atoms with Crippen molar-refractivity contribution in [2.75, 3.05) is 20.5 Å². The second-order valence-corrected chi connectivity index (χ2v) is 2.89. The van der Waals surface area contributed by atoms with Gasteiger partial charge in [-0.3, -0.25) is 0 Å². The van der Waals surface area contributed by atoms with Crippen LogP contribution in [0.3, 0.4) is 0 Å². The lowest BCUT2D eigenvalue weighted by atomic mass is 10.4. The van der Waals surface area contributed by atoms with E-state index in [9.17, 15) is 0 Å². The highest BCUT2D eigenvalue weighted by Gasteiger charge is 2.12. The molecule has 0 bridgehead atoms. The number of hydrogen-bond donors (Lipinski definition) is 1. The quantitative estimate of drug-likeness (QED) is 0.678. The Morgan fingerprint density at radius 2 is 1.73 bits per heavy atom. The molecule has 1 aromatic rings. The summed E-state index contributed by atoms with van der Waals surface area (Å²) < 4.78 is 15.9. The first kappa shape index (κ1) is 17.4. The minimum Gasteiger partial charge on any atom is -0.463 e. The van der Waals surface area contributed by atoms with Gasteiger partial charge in [-0.15, -0.1) is 0 Å². The van der Waals surface area contributed by atoms with Crippen molar-refractivity contribution in [2.45, 2.75) is 20.1 Å². The number of thiol groups is 1. The molecule has 0 amide bonds. The molecule has 1 rings (SSSR count). The molecule has 1 aromatic heterocycles. The van der Waals surface area contributed by atoms with Crippen LogP contribution in [0.5, 0.6) is 0 Å². The van der Waals surface area contributed by atoms with Crippen LogP contribution in [0.2, 0.25) is 0 Å². The number of methoxy groups -OCH3 is 2. The van der Waals surface area contributed by atoms with E-state index in [4.69, 9.17) is 13.9 Å². The third kappa shape index (κ3) is 7.00. The summed E-state index contributed by atoms with van der Waals surface area (Å²) in [7, 11) is 3.12. The van der Waals surface area contributed by atoms with E-state index in [0.717, 1.165) is 4.47 Å². The van der Waals surface area contributed by atoms with E-state index >= 15 is 0 Å². The van der Waals surface area contributed by atoms with E-state index in [1.54, 1.807) is 32.8 Å². The molecular formula is C10H19BrO3S. The minimum atomic E-state index is -0.415. The molecule has 0 unspecified atom stereocenters. The van der Waals surface area contributed by atoms with E-state index in [1.807, 2.05) is 13.8 Å². The Labute approximate surface area is 106 Å². The molecule has 0 fully saturated rings. The van der Waals surface area contributed by atoms with E-state index in [-0.39, 0.29) is 0 Å². The molecular weight excluding hydrogens is 280 g/mol. The zero-order valence-electron chi connectivity index (χ0n) is 9.78. The van der Waals surface area contributed by atoms with Crippen molar-refractivity contribution < 1.29 is 13.9 Å². The molecule has 15 heavy (non-hydrogen) atoms. The number of furan rings is 1. The SMILES string of the molecule is CC.COC(OC)c1cc(Br)co1.CS. The number of hydrogen-bond acceptors (Lipinski definition) is 4. The zero-order valence-corrected chi connectivity index (χ0v) is 12.3. The molecule has 1 heterocycles. The fraction of sp³-hybridized carbons (Fsp3) is 0.600. The number of ether oxygens (including phenoxy) is 2. The molecule has 0 aliphatic carbocycles. The first-order valence-electron chi connectivity index (χ1n) is 4.52. The van der Waals surface area contributed by atoms with Gasteiger partial charge in [-0.05, 0) is 28.3 Å². The number of rotatable bonds is 3. The topological polar surface area (TPSA) is 31.6 Å². The zero-order chi connectivity index (χ0) is 12.3. The summed E-state index contributed by atoms with van der Waals surface area (Å²) in [4.78, 5) is 0. The Morgan fingerprint density at radius 3 is 2.00 bits per heavy atom. The van der Waals surface area contributed by atoms with Crippen LogP contribution >= 0.6 is 28.6 Å². The Hall–Kier alpha value is 0.0300. The number of halogens is 1. The summed E-state index contributed by atoms with van der Waals surface area (Å²) in [5.74, 6) is 0.655. The molecule has 90 valence electrons. The van der Waals surface area contributed by atoms with Crippen molar-refractivity contribution in [2.24, 2.45) is 0 Å². The monoisotopic (exact) mass is 298 g/mol. The predicted octanol–water partition coefficient (Wildman–Crippen LogP) is 3.91. The molecule has 0 spiro atoms. The average Bonchev–Trinajstić information content (AvgIpc) is 2.73. The summed E-state index contributed by atoms with van der Waals surface area (Å²) >= 11 is 6.78. The highest BCUT2D eigenvalue weighted by molar-refractivity contribution is 9.10. The van der Waals surface area contributed by atoms with Gasteiger partial charge in [-0.1, -0.05) is 13.8 Å². The van der Waals surface area contributed by atoms with Crippen molar-refractivity contribution in [1.82, 2.24) is 0 Å². The van der Waals surface area contributed by atoms with E-state index in [2.05, 4.69) is 28.6 Å². The lowest BCUT2D eigenvalue weighted by Crippen LogP contribution is -2.01. The van der Waals surface area contributed by atoms with Gasteiger partial charge >= 0.3 is 0 Å². The second kappa shape index (κ2) is 12.1. The molecule has 0 radical (unpaired) electrons. The first-order valence-corrected chi connectivity index (χ1v) is 6.21. The summed E-state index contributed by atoms with van der Waals surface area (Å²) in [5.41, 5.74) is 0. The van der Waals surface area contributed by atoms with Crippen LogP contribution < -0.4 is 0 Å². The van der Waals surface area contributed by atoms with Crippen molar-refractivity contribution in [1.29, 1.82) is 0 Å². The van der Waals surface area contributed by atoms with Crippen molar-refractivity contribution in [3.63, 3.8) is 0 Å². The molecule has 3 nitrogen and oxygen atoms in total. The maximum absolute atomic E-state index is 5.11. The van der Waals surface area contributed by atoms with Gasteiger partial charge in [0.15, 0.2) is 5.76 Å². The van der Waals surface area contributed by atoms with Gasteiger partial charge in [0.2, 0.25) is 6.29 Å². The molecule has 0 N–H and O–H groups in total. The summed E-state index contributed by atoms with van der Waals surface area (Å²) in [6.07, 6.45) is 2.86. The maximum atomic E-state index is 5.11. The highest BCUT2D eigenvalue weighted by atomic mass is 79.9. The predicted molar refractivity (Wildman–Crippen MR) is 69.4 cm³/mol. The van der Waals surface area contributed by atoms with Gasteiger partial charge in [-0.25, -0.2) is 0 Å². The van der Waals surface area contributed by atoms with E-state index < -0.39 is 6.29 Å². The van der Waals surface area contributed by atoms with Gasteiger partial charge in [-0.2, -0.15) is 12.6 Å². The Balaban J connectivity index is 0. The third-order valence-corrected chi connectivity index (χ3v) is 1.66. The van der Waals surface area contributed by atoms with Crippen molar-refractivity contribution in [3.05, 3.63) is 22.6 Å². The molecule has 0 saturated heterocycles. The molecule has 0 aliphatic heterocycles. The summed E-state index contributed by atoms with van der Waals surface area (Å²) in [5, 5.41) is 0. The first-order chi connectivity index (χ1) is 7.27. The van der Waals surface area contributed by atoms with Crippen LogP contribution in [0.25, 0.3) is 0 Å². The van der Waals surface area contributed by atoms with Crippen molar-refractivity contribution in [3.8, 4) is 0 Å². The van der Waals surface area contributed by atoms with Gasteiger partial charge < -0.3 is 13.9 Å². The lowest BCUT2D eigenvalue weighted by molar-refractivity contribution is -0.117. The van der Waals surface area contributed by atoms with Crippen LogP contribution in [-0.4, -0.2) is 20.5 Å². The second-order valence-electron chi connectivity index (χ2n) is 1.97. The normalized spacial score (nSPS) is 8.80. The van der Waals surface area contributed by atoms with Gasteiger partial charge in [0.1, 0.15) is 6.26 Å². The van der Waals surface area contributed by atoms with Crippen molar-refractivity contribution >= 4 is 28.6 Å². The Bertz CT molecular complexity index is 224. The smallest absolute Gasteiger partial charge is 0.216 e. The van der Waals surface area contributed by atoms with Crippen LogP contribution in [0.1, 0.15) is 25.9 Å². The fourth-order valence-corrected chi connectivity index (χ4v) is 1.10. The molecule has 5 heteroatoms. The highest BCUT2D eigenvalue weighted by Crippen LogP contribution is 2.22. The average molecular weight is 299 g/mol. The van der Waals surface area contributed by atoms with E-state index in [1.165, 1.54) is 0 Å². The van der Waals surface area contributed by atoms with E-state index in [0.29, 0.717) is 5.76 Å². The molecule has 0 aliphatic rings. The van der Waals surface area contributed by atoms with Crippen LogP contribution in [-0.2, 0) is 9.47 Å². The largest absolute Gasteiger partial charge is 0.463 e. The lowest BCUT2D eigenvalue weighted by Gasteiger charge is -2.08. The Morgan fingerprint density at radius 1 is 1.27 bits per heavy atom. The van der Waals surface area contributed by atoms with Gasteiger partial charge in [0.05, 0.1) is 4.47 Å². The molecule has 0 aromatic carbocycles. The molecule has 0 atom stereocenters. The minimum absolute atomic E-state index is 0.415. The van der Waals surface area contributed by atoms with Crippen LogP contribution in [0.4, 0.5) is 0 Å². The molecule has 0 saturated carbocycles. The Kier molecular flexibility index (Phi) is 14.1. The van der Waals surface area contributed by atoms with Gasteiger partial charge in [0, 0.05) is 14.2 Å². The summed E-state index contributed by atoms with van der Waals surface area (Å²) in [6, 6.07) is 1.80.